The molecule has 0 saturated carbocycles. The van der Waals surface area contributed by atoms with E-state index >= 15 is 0 Å². The topological polar surface area (TPSA) is 98.2 Å². The molecule has 3 aromatic rings. The fourth-order valence-corrected chi connectivity index (χ4v) is 4.97. The number of halogens is 2. The number of nitrogens with one attached hydrogen (secondary N) is 1. The van der Waals surface area contributed by atoms with Gasteiger partial charge in [0.05, 0.1) is 35.7 Å². The number of ether oxygens (including phenoxy) is 1. The highest BCUT2D eigenvalue weighted by molar-refractivity contribution is 7.22. The predicted octanol–water partition coefficient (Wildman–Crippen LogP) is 3.22. The third kappa shape index (κ3) is 5.06. The zero-order chi connectivity index (χ0) is 24.4. The molecule has 8 nitrogen and oxygen atoms in total. The van der Waals surface area contributed by atoms with Crippen LogP contribution in [0.15, 0.2) is 30.3 Å². The molecule has 1 aliphatic rings. The van der Waals surface area contributed by atoms with Crippen LogP contribution in [-0.4, -0.2) is 71.6 Å². The Morgan fingerprint density at radius 1 is 1.32 bits per heavy atom. The summed E-state index contributed by atoms with van der Waals surface area (Å²) in [6.07, 6.45) is -0.935. The number of benzene rings is 2. The first-order valence-corrected chi connectivity index (χ1v) is 11.6. The quantitative estimate of drug-likeness (QED) is 0.489. The zero-order valence-corrected chi connectivity index (χ0v) is 19.6. The first-order chi connectivity index (χ1) is 16.3. The average molecular weight is 493 g/mol. The maximum atomic E-state index is 14.9. The van der Waals surface area contributed by atoms with Crippen molar-refractivity contribution >= 4 is 38.4 Å². The number of methoxy groups -OCH3 is 1. The molecule has 1 aliphatic heterocycles. The number of hydrogen-bond donors (Lipinski definition) is 3. The number of fused-ring (bicyclic) bond motifs is 1. The molecule has 2 atom stereocenters. The van der Waals surface area contributed by atoms with E-state index in [1.165, 1.54) is 36.6 Å². The number of thiazole rings is 1. The van der Waals surface area contributed by atoms with Crippen molar-refractivity contribution in [2.75, 3.05) is 43.6 Å². The average Bonchev–Trinajstić information content (AvgIpc) is 3.20. The van der Waals surface area contributed by atoms with E-state index in [-0.39, 0.29) is 24.3 Å². The molecule has 3 N–H and O–H groups in total. The van der Waals surface area contributed by atoms with E-state index in [1.54, 1.807) is 17.0 Å². The lowest BCUT2D eigenvalue weighted by Crippen LogP contribution is -2.55. The largest absolute Gasteiger partial charge is 0.496 e. The molecule has 1 saturated heterocycles. The van der Waals surface area contributed by atoms with Gasteiger partial charge in [-0.15, -0.1) is 0 Å². The highest BCUT2D eigenvalue weighted by atomic mass is 32.1. The molecule has 4 rings (SSSR count). The maximum Gasteiger partial charge on any atom is 0.324 e. The molecule has 0 aliphatic carbocycles. The molecule has 2 amide bonds. The summed E-state index contributed by atoms with van der Waals surface area (Å²) in [5, 5.41) is 22.0. The van der Waals surface area contributed by atoms with Gasteiger partial charge in [-0.3, -0.25) is 5.32 Å². The van der Waals surface area contributed by atoms with E-state index in [0.29, 0.717) is 52.0 Å². The number of aromatic nitrogens is 1. The molecule has 34 heavy (non-hydrogen) atoms. The van der Waals surface area contributed by atoms with E-state index in [0.717, 1.165) is 0 Å². The van der Waals surface area contributed by atoms with Crippen LogP contribution in [0.1, 0.15) is 12.5 Å². The minimum Gasteiger partial charge on any atom is -0.496 e. The number of anilines is 2. The Labute approximate surface area is 199 Å². The molecule has 0 radical (unpaired) electrons. The SMILES string of the molecule is COc1cc(N2CCN(C(=O)Nc3nc4ccc(F)cc4s3)[C@@H](C)C2)c(F)cc1C[C@H](O)CO. The van der Waals surface area contributed by atoms with Crippen molar-refractivity contribution in [1.82, 2.24) is 9.88 Å². The summed E-state index contributed by atoms with van der Waals surface area (Å²) in [4.78, 5) is 20.7. The van der Waals surface area contributed by atoms with E-state index in [2.05, 4.69) is 10.3 Å². The van der Waals surface area contributed by atoms with Crippen molar-refractivity contribution in [1.29, 1.82) is 0 Å². The van der Waals surface area contributed by atoms with Gasteiger partial charge < -0.3 is 24.7 Å². The van der Waals surface area contributed by atoms with E-state index in [4.69, 9.17) is 9.84 Å². The van der Waals surface area contributed by atoms with Crippen LogP contribution in [0.4, 0.5) is 24.4 Å². The molecule has 2 heterocycles. The standard InChI is InChI=1S/C23H26F2N4O4S/c1-13-11-28(19-10-20(33-2)14(8-17(19)25)7-16(31)12-30)5-6-29(13)23(32)27-22-26-18-4-3-15(24)9-21(18)34-22/h3-4,8-10,13,16,30-31H,5-7,11-12H2,1-2H3,(H,26,27,32)/t13-,16-/m0/s1. The summed E-state index contributed by atoms with van der Waals surface area (Å²) >= 11 is 1.20. The van der Waals surface area contributed by atoms with Crippen LogP contribution in [-0.2, 0) is 6.42 Å². The number of aliphatic hydroxyl groups excluding tert-OH is 2. The number of rotatable bonds is 6. The fourth-order valence-electron chi connectivity index (χ4n) is 4.09. The maximum absolute atomic E-state index is 14.9. The minimum absolute atomic E-state index is 0.0691. The molecular formula is C23H26F2N4O4S. The van der Waals surface area contributed by atoms with Crippen molar-refractivity contribution in [3.63, 3.8) is 0 Å². The molecule has 1 aromatic heterocycles. The lowest BCUT2D eigenvalue weighted by molar-refractivity contribution is 0.0949. The zero-order valence-electron chi connectivity index (χ0n) is 18.8. The van der Waals surface area contributed by atoms with Crippen LogP contribution < -0.4 is 15.0 Å². The van der Waals surface area contributed by atoms with Gasteiger partial charge in [0.15, 0.2) is 5.13 Å². The molecule has 0 unspecified atom stereocenters. The number of piperazine rings is 1. The first-order valence-electron chi connectivity index (χ1n) is 10.8. The fraction of sp³-hybridized carbons (Fsp3) is 0.391. The number of urea groups is 1. The predicted molar refractivity (Wildman–Crippen MR) is 127 cm³/mol. The summed E-state index contributed by atoms with van der Waals surface area (Å²) < 4.78 is 34.4. The Hall–Kier alpha value is -3.02. The van der Waals surface area contributed by atoms with Crippen LogP contribution in [0.5, 0.6) is 5.75 Å². The van der Waals surface area contributed by atoms with Gasteiger partial charge >= 0.3 is 6.03 Å². The summed E-state index contributed by atoms with van der Waals surface area (Å²) in [5.41, 5.74) is 1.42. The van der Waals surface area contributed by atoms with Crippen molar-refractivity contribution in [2.45, 2.75) is 25.5 Å². The summed E-state index contributed by atoms with van der Waals surface area (Å²) in [5.74, 6) is -0.406. The second-order valence-corrected chi connectivity index (χ2v) is 9.24. The Morgan fingerprint density at radius 3 is 2.82 bits per heavy atom. The monoisotopic (exact) mass is 492 g/mol. The number of amides is 2. The van der Waals surface area contributed by atoms with Crippen LogP contribution >= 0.6 is 11.3 Å². The van der Waals surface area contributed by atoms with Gasteiger partial charge in [-0.2, -0.15) is 0 Å². The number of aliphatic hydroxyl groups is 2. The minimum atomic E-state index is -1.00. The van der Waals surface area contributed by atoms with Gasteiger partial charge in [0.25, 0.3) is 0 Å². The Bertz CT molecular complexity index is 1190. The van der Waals surface area contributed by atoms with Gasteiger partial charge in [0.1, 0.15) is 17.4 Å². The summed E-state index contributed by atoms with van der Waals surface area (Å²) in [7, 11) is 1.47. The van der Waals surface area contributed by atoms with Crippen molar-refractivity contribution < 1.29 is 28.5 Å². The Balaban J connectivity index is 1.44. The Kier molecular flexibility index (Phi) is 7.15. The van der Waals surface area contributed by atoms with E-state index in [1.807, 2.05) is 11.8 Å². The van der Waals surface area contributed by atoms with E-state index in [9.17, 15) is 18.7 Å². The van der Waals surface area contributed by atoms with E-state index < -0.39 is 18.5 Å². The highest BCUT2D eigenvalue weighted by Gasteiger charge is 2.30. The molecule has 2 aromatic carbocycles. The molecule has 0 bridgehead atoms. The van der Waals surface area contributed by atoms with Crippen LogP contribution in [0.3, 0.4) is 0 Å². The molecule has 182 valence electrons. The van der Waals surface area contributed by atoms with Gasteiger partial charge in [-0.1, -0.05) is 11.3 Å². The summed E-state index contributed by atoms with van der Waals surface area (Å²) in [6, 6.07) is 6.62. The molecule has 0 spiro atoms. The normalized spacial score (nSPS) is 17.2. The van der Waals surface area contributed by atoms with Crippen LogP contribution in [0.25, 0.3) is 10.2 Å². The second kappa shape index (κ2) is 10.1. The van der Waals surface area contributed by atoms with Crippen LogP contribution in [0.2, 0.25) is 0 Å². The van der Waals surface area contributed by atoms with Gasteiger partial charge in [-0.25, -0.2) is 18.6 Å². The van der Waals surface area contributed by atoms with Gasteiger partial charge in [0, 0.05) is 38.2 Å². The molecular weight excluding hydrogens is 466 g/mol. The van der Waals surface area contributed by atoms with Crippen molar-refractivity contribution in [3.8, 4) is 5.75 Å². The number of carbonyl (C=O) groups is 1. The molecule has 11 heteroatoms. The lowest BCUT2D eigenvalue weighted by Gasteiger charge is -2.41. The first kappa shape index (κ1) is 24.1. The number of nitrogens with zero attached hydrogens (tertiary/aromatic N) is 3. The second-order valence-electron chi connectivity index (χ2n) is 8.21. The Morgan fingerprint density at radius 2 is 2.12 bits per heavy atom. The lowest BCUT2D eigenvalue weighted by atomic mass is 10.0. The number of hydrogen-bond acceptors (Lipinski definition) is 7. The smallest absolute Gasteiger partial charge is 0.324 e. The van der Waals surface area contributed by atoms with Crippen LogP contribution in [0, 0.1) is 11.6 Å². The summed E-state index contributed by atoms with van der Waals surface area (Å²) in [6.45, 7) is 2.61. The van der Waals surface area contributed by atoms with Crippen molar-refractivity contribution in [2.24, 2.45) is 0 Å². The molecule has 1 fully saturated rings. The van der Waals surface area contributed by atoms with Gasteiger partial charge in [0.2, 0.25) is 0 Å². The third-order valence-electron chi connectivity index (χ3n) is 5.81. The van der Waals surface area contributed by atoms with Gasteiger partial charge in [-0.05, 0) is 36.8 Å². The third-order valence-corrected chi connectivity index (χ3v) is 6.74. The highest BCUT2D eigenvalue weighted by Crippen LogP contribution is 2.32. The number of carbonyl (C=O) groups excluding carboxylic acids is 1. The van der Waals surface area contributed by atoms with Crippen molar-refractivity contribution in [3.05, 3.63) is 47.5 Å².